The third kappa shape index (κ3) is 3.34. The van der Waals surface area contributed by atoms with E-state index in [1.165, 1.54) is 30.7 Å². The van der Waals surface area contributed by atoms with Gasteiger partial charge in [-0.25, -0.2) is 0 Å². The van der Waals surface area contributed by atoms with Crippen LogP contribution in [0.25, 0.3) is 11.3 Å². The Labute approximate surface area is 123 Å². The molecule has 0 bridgehead atoms. The first kappa shape index (κ1) is 16.2. The van der Waals surface area contributed by atoms with E-state index < -0.39 is 28.0 Å². The Bertz CT molecular complexity index is 764. The van der Waals surface area contributed by atoms with Crippen molar-refractivity contribution in [2.75, 3.05) is 0 Å². The van der Waals surface area contributed by atoms with Crippen molar-refractivity contribution in [1.29, 1.82) is 0 Å². The molecule has 0 aliphatic carbocycles. The number of nitrogens with zero attached hydrogens (tertiary/aromatic N) is 2. The van der Waals surface area contributed by atoms with Crippen LogP contribution in [0.15, 0.2) is 36.8 Å². The molecule has 1 aromatic carbocycles. The highest BCUT2D eigenvalue weighted by atomic mass is 32.2. The van der Waals surface area contributed by atoms with E-state index in [0.29, 0.717) is 11.3 Å². The number of rotatable bonds is 4. The topological polar surface area (TPSA) is 89.4 Å². The van der Waals surface area contributed by atoms with Gasteiger partial charge in [0.1, 0.15) is 5.75 Å². The maximum absolute atomic E-state index is 12.3. The van der Waals surface area contributed by atoms with Gasteiger partial charge in [-0.1, -0.05) is 0 Å². The molecule has 22 heavy (non-hydrogen) atoms. The smallest absolute Gasteiger partial charge is 0.392 e. The van der Waals surface area contributed by atoms with Gasteiger partial charge in [-0.3, -0.25) is 9.97 Å². The third-order valence-corrected chi connectivity index (χ3v) is 3.54. The Hall–Kier alpha value is -2.20. The molecule has 2 aromatic rings. The molecule has 0 amide bonds. The fourth-order valence-electron chi connectivity index (χ4n) is 1.56. The van der Waals surface area contributed by atoms with Crippen molar-refractivity contribution in [3.8, 4) is 17.0 Å². The molecule has 2 rings (SSSR count). The van der Waals surface area contributed by atoms with E-state index in [9.17, 15) is 26.7 Å². The molecule has 0 fully saturated rings. The molecule has 6 nitrogen and oxygen atoms in total. The maximum atomic E-state index is 12.3. The summed E-state index contributed by atoms with van der Waals surface area (Å²) >= 11 is 0. The summed E-state index contributed by atoms with van der Waals surface area (Å²) in [5, 5.41) is 9.20. The van der Waals surface area contributed by atoms with Gasteiger partial charge < -0.3 is 9.29 Å². The molecule has 118 valence electrons. The van der Waals surface area contributed by atoms with Crippen LogP contribution >= 0.6 is 0 Å². The molecule has 0 saturated carbocycles. The lowest BCUT2D eigenvalue weighted by atomic mass is 10.1. The number of aliphatic hydroxyl groups is 1. The van der Waals surface area contributed by atoms with Crippen LogP contribution in [0, 0.1) is 0 Å². The first-order valence-corrected chi connectivity index (χ1v) is 7.16. The van der Waals surface area contributed by atoms with Crippen LogP contribution in [0.2, 0.25) is 0 Å². The summed E-state index contributed by atoms with van der Waals surface area (Å²) in [5.41, 5.74) is -4.84. The van der Waals surface area contributed by atoms with Crippen molar-refractivity contribution in [3.05, 3.63) is 42.4 Å². The highest BCUT2D eigenvalue weighted by Crippen LogP contribution is 2.31. The van der Waals surface area contributed by atoms with Gasteiger partial charge in [0.15, 0.2) is 0 Å². The Balaban J connectivity index is 2.40. The monoisotopic (exact) mass is 334 g/mol. The second-order valence-corrected chi connectivity index (χ2v) is 5.59. The van der Waals surface area contributed by atoms with Crippen LogP contribution in [0.4, 0.5) is 13.2 Å². The van der Waals surface area contributed by atoms with E-state index in [1.54, 1.807) is 0 Å². The summed E-state index contributed by atoms with van der Waals surface area (Å²) in [4.78, 5) is 7.81. The molecular formula is C12H9F3N2O4S. The molecule has 0 aliphatic rings. The molecule has 0 radical (unpaired) electrons. The minimum Gasteiger partial charge on any atom is -0.392 e. The van der Waals surface area contributed by atoms with Gasteiger partial charge in [0.05, 0.1) is 18.5 Å². The summed E-state index contributed by atoms with van der Waals surface area (Å²) < 4.78 is 62.9. The standard InChI is InChI=1S/C12H9F3N2O4S/c13-12(14,15)22(19,20)21-11-2-1-8(5-9(11)7-18)10-6-16-3-4-17-10/h1-6,18H,7H2. The van der Waals surface area contributed by atoms with Crippen LogP contribution in [-0.2, 0) is 16.7 Å². The average molecular weight is 334 g/mol. The fraction of sp³-hybridized carbons (Fsp3) is 0.167. The second kappa shape index (κ2) is 5.89. The van der Waals surface area contributed by atoms with E-state index in [1.807, 2.05) is 0 Å². The van der Waals surface area contributed by atoms with Crippen molar-refractivity contribution >= 4 is 10.1 Å². The van der Waals surface area contributed by atoms with E-state index in [2.05, 4.69) is 14.2 Å². The number of hydrogen-bond acceptors (Lipinski definition) is 6. The number of halogens is 3. The lowest BCUT2D eigenvalue weighted by molar-refractivity contribution is -0.0500. The average Bonchev–Trinajstić information content (AvgIpc) is 2.47. The zero-order valence-electron chi connectivity index (χ0n) is 10.8. The molecule has 1 heterocycles. The number of hydrogen-bond donors (Lipinski definition) is 1. The molecule has 0 atom stereocenters. The largest absolute Gasteiger partial charge is 0.534 e. The molecule has 0 spiro atoms. The number of aromatic nitrogens is 2. The second-order valence-electron chi connectivity index (χ2n) is 4.05. The molecular weight excluding hydrogens is 325 g/mol. The Morgan fingerprint density at radius 2 is 1.95 bits per heavy atom. The Morgan fingerprint density at radius 3 is 2.50 bits per heavy atom. The van der Waals surface area contributed by atoms with Crippen molar-refractivity contribution < 1.29 is 30.9 Å². The SMILES string of the molecule is O=S(=O)(Oc1ccc(-c2cnccn2)cc1CO)C(F)(F)F. The fourth-order valence-corrected chi connectivity index (χ4v) is 2.05. The third-order valence-electron chi connectivity index (χ3n) is 2.57. The van der Waals surface area contributed by atoms with Crippen molar-refractivity contribution in [3.63, 3.8) is 0 Å². The van der Waals surface area contributed by atoms with Crippen LogP contribution in [0.5, 0.6) is 5.75 Å². The number of benzene rings is 1. The summed E-state index contributed by atoms with van der Waals surface area (Å²) in [6, 6.07) is 3.59. The van der Waals surface area contributed by atoms with Crippen LogP contribution in [0.1, 0.15) is 5.56 Å². The van der Waals surface area contributed by atoms with Crippen molar-refractivity contribution in [2.24, 2.45) is 0 Å². The van der Waals surface area contributed by atoms with Gasteiger partial charge >= 0.3 is 15.6 Å². The predicted molar refractivity (Wildman–Crippen MR) is 69.0 cm³/mol. The first-order chi connectivity index (χ1) is 10.2. The Morgan fingerprint density at radius 1 is 1.23 bits per heavy atom. The van der Waals surface area contributed by atoms with E-state index >= 15 is 0 Å². The minimum atomic E-state index is -5.80. The summed E-state index contributed by atoms with van der Waals surface area (Å²) in [5.74, 6) is -0.604. The maximum Gasteiger partial charge on any atom is 0.534 e. The normalized spacial score (nSPS) is 12.2. The lowest BCUT2D eigenvalue weighted by Gasteiger charge is -2.13. The minimum absolute atomic E-state index is 0.129. The van der Waals surface area contributed by atoms with Crippen molar-refractivity contribution in [1.82, 2.24) is 9.97 Å². The quantitative estimate of drug-likeness (QED) is 0.678. The molecule has 0 saturated heterocycles. The molecule has 0 unspecified atom stereocenters. The highest BCUT2D eigenvalue weighted by molar-refractivity contribution is 7.88. The number of alkyl halides is 3. The first-order valence-electron chi connectivity index (χ1n) is 5.75. The van der Waals surface area contributed by atoms with Gasteiger partial charge in [-0.05, 0) is 18.2 Å². The van der Waals surface area contributed by atoms with E-state index in [0.717, 1.165) is 6.07 Å². The predicted octanol–water partition coefficient (Wildman–Crippen LogP) is 1.86. The summed E-state index contributed by atoms with van der Waals surface area (Å²) in [6.45, 7) is -0.711. The molecule has 10 heteroatoms. The Kier molecular flexibility index (Phi) is 4.33. The lowest BCUT2D eigenvalue weighted by Crippen LogP contribution is -2.28. The van der Waals surface area contributed by atoms with Crippen LogP contribution < -0.4 is 4.18 Å². The van der Waals surface area contributed by atoms with Gasteiger partial charge in [0.25, 0.3) is 0 Å². The van der Waals surface area contributed by atoms with E-state index in [-0.39, 0.29) is 5.56 Å². The zero-order valence-corrected chi connectivity index (χ0v) is 11.6. The summed E-state index contributed by atoms with van der Waals surface area (Å²) in [7, 11) is -5.80. The van der Waals surface area contributed by atoms with Gasteiger partial charge in [0, 0.05) is 23.5 Å². The molecule has 1 N–H and O–H groups in total. The van der Waals surface area contributed by atoms with E-state index in [4.69, 9.17) is 0 Å². The molecule has 0 aliphatic heterocycles. The highest BCUT2D eigenvalue weighted by Gasteiger charge is 2.48. The zero-order chi connectivity index (χ0) is 16.4. The molecule has 1 aromatic heterocycles. The van der Waals surface area contributed by atoms with Gasteiger partial charge in [-0.2, -0.15) is 21.6 Å². The van der Waals surface area contributed by atoms with Gasteiger partial charge in [0.2, 0.25) is 0 Å². The van der Waals surface area contributed by atoms with Gasteiger partial charge in [-0.15, -0.1) is 0 Å². The van der Waals surface area contributed by atoms with Crippen LogP contribution in [0.3, 0.4) is 0 Å². The number of aliphatic hydroxyl groups excluding tert-OH is 1. The summed E-state index contributed by atoms with van der Waals surface area (Å²) in [6.07, 6.45) is 4.25. The van der Waals surface area contributed by atoms with Crippen LogP contribution in [-0.4, -0.2) is 29.0 Å². The van der Waals surface area contributed by atoms with Crippen molar-refractivity contribution in [2.45, 2.75) is 12.1 Å².